The number of nitrogens with two attached hydrogens (primary N) is 1. The largest absolute Gasteiger partial charge is 0.409 e. The predicted molar refractivity (Wildman–Crippen MR) is 62.5 cm³/mol. The molecule has 96 valence electrons. The van der Waals surface area contributed by atoms with E-state index in [1.165, 1.54) is 0 Å². The van der Waals surface area contributed by atoms with Crippen LogP contribution in [0.1, 0.15) is 33.6 Å². The Labute approximate surface area is 96.3 Å². The number of amidine groups is 1. The van der Waals surface area contributed by atoms with Crippen molar-refractivity contribution in [3.63, 3.8) is 0 Å². The second-order valence-corrected chi connectivity index (χ2v) is 4.88. The van der Waals surface area contributed by atoms with Crippen molar-refractivity contribution < 1.29 is 13.6 Å². The van der Waals surface area contributed by atoms with Crippen molar-refractivity contribution in [2.24, 2.45) is 10.9 Å². The van der Waals surface area contributed by atoms with Gasteiger partial charge in [0.2, 0.25) is 0 Å². The van der Waals surface area contributed by atoms with Crippen LogP contribution in [0.25, 0.3) is 0 Å². The van der Waals surface area contributed by atoms with Crippen LogP contribution in [-0.2, 0) is 10.2 Å². The van der Waals surface area contributed by atoms with E-state index in [1.54, 1.807) is 20.8 Å². The van der Waals surface area contributed by atoms with Gasteiger partial charge in [-0.3, -0.25) is 0 Å². The van der Waals surface area contributed by atoms with E-state index < -0.39 is 15.7 Å². The summed E-state index contributed by atoms with van der Waals surface area (Å²) in [6.07, 6.45) is 0.786. The van der Waals surface area contributed by atoms with Crippen molar-refractivity contribution in [2.45, 2.75) is 39.2 Å². The molecular formula is C8H20N4O3S. The molecule has 0 bridgehead atoms. The van der Waals surface area contributed by atoms with Crippen LogP contribution in [0.5, 0.6) is 0 Å². The number of hydrogen-bond donors (Lipinski definition) is 4. The van der Waals surface area contributed by atoms with E-state index in [4.69, 9.17) is 10.9 Å². The molecule has 5 N–H and O–H groups in total. The Bertz CT molecular complexity index is 335. The van der Waals surface area contributed by atoms with Crippen LogP contribution in [0.3, 0.4) is 0 Å². The molecule has 0 amide bonds. The minimum Gasteiger partial charge on any atom is -0.409 e. The Kier molecular flexibility index (Phi) is 5.70. The summed E-state index contributed by atoms with van der Waals surface area (Å²) in [6.45, 7) is 5.46. The molecule has 16 heavy (non-hydrogen) atoms. The molecule has 0 aromatic heterocycles. The molecule has 0 rings (SSSR count). The quantitative estimate of drug-likeness (QED) is 0.216. The molecule has 0 saturated carbocycles. The average Bonchev–Trinajstić information content (AvgIpc) is 2.24. The molecule has 0 aromatic carbocycles. The maximum absolute atomic E-state index is 11.6. The van der Waals surface area contributed by atoms with E-state index in [9.17, 15) is 8.42 Å². The van der Waals surface area contributed by atoms with E-state index in [0.29, 0.717) is 12.8 Å². The minimum absolute atomic E-state index is 0.140. The van der Waals surface area contributed by atoms with Crippen LogP contribution in [0.15, 0.2) is 5.16 Å². The van der Waals surface area contributed by atoms with Gasteiger partial charge in [0.15, 0.2) is 5.84 Å². The number of nitrogens with one attached hydrogen (secondary N) is 2. The van der Waals surface area contributed by atoms with Crippen molar-refractivity contribution >= 4 is 16.0 Å². The van der Waals surface area contributed by atoms with Crippen molar-refractivity contribution in [1.29, 1.82) is 0 Å². The molecule has 0 aliphatic rings. The summed E-state index contributed by atoms with van der Waals surface area (Å²) >= 11 is 0. The fourth-order valence-corrected chi connectivity index (χ4v) is 2.75. The zero-order chi connectivity index (χ0) is 12.8. The summed E-state index contributed by atoms with van der Waals surface area (Å²) in [6, 6.07) is 0. The molecule has 0 fully saturated rings. The molecule has 0 aliphatic carbocycles. The predicted octanol–water partition coefficient (Wildman–Crippen LogP) is -0.264. The Hall–Kier alpha value is -0.860. The second kappa shape index (κ2) is 6.02. The summed E-state index contributed by atoms with van der Waals surface area (Å²) in [5.41, 5.74) is 4.48. The van der Waals surface area contributed by atoms with Gasteiger partial charge in [0.25, 0.3) is 10.2 Å². The topological polar surface area (TPSA) is 117 Å². The Morgan fingerprint density at radius 3 is 2.19 bits per heavy atom. The van der Waals surface area contributed by atoms with Crippen LogP contribution in [0, 0.1) is 0 Å². The monoisotopic (exact) mass is 252 g/mol. The standard InChI is InChI=1S/C8H20N4O3S/c1-4-8(5-2,7(9)11-13)12-16(14,15)10-6-3/h10,12-13H,4-6H2,1-3H3,(H2,9,11). The fraction of sp³-hybridized carbons (Fsp3) is 0.875. The maximum atomic E-state index is 11.6. The van der Waals surface area contributed by atoms with Crippen molar-refractivity contribution in [2.75, 3.05) is 6.54 Å². The molecule has 0 aliphatic heterocycles. The van der Waals surface area contributed by atoms with Gasteiger partial charge in [-0.2, -0.15) is 13.1 Å². The lowest BCUT2D eigenvalue weighted by molar-refractivity contribution is 0.307. The molecule has 8 heteroatoms. The third kappa shape index (κ3) is 3.62. The molecule has 0 unspecified atom stereocenters. The first kappa shape index (κ1) is 15.1. The van der Waals surface area contributed by atoms with Crippen molar-refractivity contribution in [3.8, 4) is 0 Å². The maximum Gasteiger partial charge on any atom is 0.277 e. The molecule has 0 heterocycles. The molecule has 0 radical (unpaired) electrons. The molecule has 0 aromatic rings. The Morgan fingerprint density at radius 2 is 1.88 bits per heavy atom. The number of rotatable bonds is 7. The van der Waals surface area contributed by atoms with Gasteiger partial charge in [-0.05, 0) is 12.8 Å². The number of nitrogens with zero attached hydrogens (tertiary/aromatic N) is 1. The van der Waals surface area contributed by atoms with Crippen LogP contribution in [-0.4, -0.2) is 31.5 Å². The van der Waals surface area contributed by atoms with E-state index >= 15 is 0 Å². The zero-order valence-electron chi connectivity index (χ0n) is 9.82. The van der Waals surface area contributed by atoms with Crippen molar-refractivity contribution in [1.82, 2.24) is 9.44 Å². The summed E-state index contributed by atoms with van der Waals surface area (Å²) in [4.78, 5) is 0. The van der Waals surface area contributed by atoms with Crippen LogP contribution in [0.4, 0.5) is 0 Å². The van der Waals surface area contributed by atoms with Gasteiger partial charge in [0.05, 0.1) is 5.54 Å². The van der Waals surface area contributed by atoms with E-state index in [-0.39, 0.29) is 12.4 Å². The summed E-state index contributed by atoms with van der Waals surface area (Å²) in [5, 5.41) is 11.6. The first-order valence-electron chi connectivity index (χ1n) is 5.14. The van der Waals surface area contributed by atoms with Gasteiger partial charge >= 0.3 is 0 Å². The minimum atomic E-state index is -3.64. The number of oxime groups is 1. The Morgan fingerprint density at radius 1 is 1.38 bits per heavy atom. The highest BCUT2D eigenvalue weighted by atomic mass is 32.2. The highest BCUT2D eigenvalue weighted by molar-refractivity contribution is 7.87. The summed E-state index contributed by atoms with van der Waals surface area (Å²) < 4.78 is 27.8. The van der Waals surface area contributed by atoms with E-state index in [2.05, 4.69) is 14.6 Å². The first-order valence-corrected chi connectivity index (χ1v) is 6.62. The lowest BCUT2D eigenvalue weighted by Crippen LogP contribution is -2.59. The SMILES string of the molecule is CCNS(=O)(=O)NC(CC)(CC)C(N)=NO. The Balaban J connectivity index is 5.10. The average molecular weight is 252 g/mol. The third-order valence-corrected chi connectivity index (χ3v) is 3.80. The zero-order valence-corrected chi connectivity index (χ0v) is 10.6. The van der Waals surface area contributed by atoms with Crippen LogP contribution in [0.2, 0.25) is 0 Å². The fourth-order valence-electron chi connectivity index (χ4n) is 1.39. The van der Waals surface area contributed by atoms with Crippen molar-refractivity contribution in [3.05, 3.63) is 0 Å². The van der Waals surface area contributed by atoms with E-state index in [0.717, 1.165) is 0 Å². The molecular weight excluding hydrogens is 232 g/mol. The number of hydrogen-bond acceptors (Lipinski definition) is 4. The molecule has 0 spiro atoms. The molecule has 0 saturated heterocycles. The van der Waals surface area contributed by atoms with Gasteiger partial charge in [-0.25, -0.2) is 4.72 Å². The highest BCUT2D eigenvalue weighted by Crippen LogP contribution is 2.16. The van der Waals surface area contributed by atoms with Crippen LogP contribution >= 0.6 is 0 Å². The third-order valence-electron chi connectivity index (χ3n) is 2.47. The smallest absolute Gasteiger partial charge is 0.277 e. The van der Waals surface area contributed by atoms with Gasteiger partial charge in [0, 0.05) is 6.54 Å². The second-order valence-electron chi connectivity index (χ2n) is 3.38. The van der Waals surface area contributed by atoms with Gasteiger partial charge < -0.3 is 10.9 Å². The van der Waals surface area contributed by atoms with Crippen LogP contribution < -0.4 is 15.2 Å². The summed E-state index contributed by atoms with van der Waals surface area (Å²) in [7, 11) is -3.64. The molecule has 0 atom stereocenters. The van der Waals surface area contributed by atoms with Gasteiger partial charge in [0.1, 0.15) is 0 Å². The van der Waals surface area contributed by atoms with Gasteiger partial charge in [-0.15, -0.1) is 0 Å². The first-order chi connectivity index (χ1) is 7.37. The lowest BCUT2D eigenvalue weighted by Gasteiger charge is -2.30. The van der Waals surface area contributed by atoms with Gasteiger partial charge in [-0.1, -0.05) is 25.9 Å². The lowest BCUT2D eigenvalue weighted by atomic mass is 9.93. The molecule has 7 nitrogen and oxygen atoms in total. The highest BCUT2D eigenvalue weighted by Gasteiger charge is 2.35. The summed E-state index contributed by atoms with van der Waals surface area (Å²) in [5.74, 6) is -0.140. The normalized spacial score (nSPS) is 14.1. The van der Waals surface area contributed by atoms with E-state index in [1.807, 2.05) is 0 Å².